The zero-order chi connectivity index (χ0) is 33.0. The Bertz CT molecular complexity index is 1710. The van der Waals surface area contributed by atoms with Crippen LogP contribution < -0.4 is 21.3 Å². The molecule has 0 amide bonds. The molecule has 0 aliphatic rings. The maximum atomic E-state index is 6.23. The molecule has 0 bridgehead atoms. The van der Waals surface area contributed by atoms with Crippen molar-refractivity contribution in [2.24, 2.45) is 0 Å². The molecule has 0 aromatic heterocycles. The molecular weight excluding hydrogens is 631 g/mol. The van der Waals surface area contributed by atoms with E-state index in [0.717, 1.165) is 56.4 Å². The maximum Gasteiger partial charge on any atom is 0.112 e. The van der Waals surface area contributed by atoms with Crippen molar-refractivity contribution in [3.63, 3.8) is 0 Å². The fourth-order valence-electron chi connectivity index (χ4n) is 5.45. The summed E-state index contributed by atoms with van der Waals surface area (Å²) in [6, 6.07) is 57.2. The van der Waals surface area contributed by atoms with Crippen LogP contribution >= 0.6 is 23.2 Å². The summed E-state index contributed by atoms with van der Waals surface area (Å²) in [4.78, 5) is 0. The Morgan fingerprint density at radius 1 is 0.354 bits per heavy atom. The minimum Gasteiger partial charge on any atom is -0.369 e. The summed E-state index contributed by atoms with van der Waals surface area (Å²) >= 11 is 12.5. The van der Waals surface area contributed by atoms with Gasteiger partial charge in [-0.15, -0.1) is 0 Å². The van der Waals surface area contributed by atoms with Gasteiger partial charge in [-0.2, -0.15) is 0 Å². The first kappa shape index (κ1) is 32.5. The highest BCUT2D eigenvalue weighted by Crippen LogP contribution is 2.29. The van der Waals surface area contributed by atoms with Crippen molar-refractivity contribution >= 4 is 45.7 Å². The van der Waals surface area contributed by atoms with Gasteiger partial charge >= 0.3 is 0 Å². The van der Waals surface area contributed by atoms with Gasteiger partial charge in [0.15, 0.2) is 0 Å². The second-order valence-electron chi connectivity index (χ2n) is 11.1. The highest BCUT2D eigenvalue weighted by atomic mass is 35.5. The number of hydrogen-bond donors (Lipinski definition) is 4. The van der Waals surface area contributed by atoms with Gasteiger partial charge in [-0.05, 0) is 70.8 Å². The van der Waals surface area contributed by atoms with Gasteiger partial charge in [0.1, 0.15) is 11.6 Å². The first-order valence-corrected chi connectivity index (χ1v) is 16.6. The van der Waals surface area contributed by atoms with Crippen molar-refractivity contribution in [2.45, 2.75) is 0 Å². The SMILES string of the molecule is Clc1ccc(NC(NCCNC(Nc2ccc(Cl)cc2)=C(c2ccccc2)c2ccccc2)=C(c2ccccc2)c2ccccc2)cc1. The lowest BCUT2D eigenvalue weighted by Gasteiger charge is -2.22. The Balaban J connectivity index is 1.35. The van der Waals surface area contributed by atoms with Crippen molar-refractivity contribution in [2.75, 3.05) is 23.7 Å². The number of nitrogens with one attached hydrogen (secondary N) is 4. The predicted molar refractivity (Wildman–Crippen MR) is 204 cm³/mol. The standard InChI is InChI=1S/C42H36Cl2N4/c43-35-21-25-37(26-22-35)47-41(39(31-13-5-1-6-14-31)32-15-7-2-8-16-32)45-29-30-46-42(48-38-27-23-36(44)24-28-38)40(33-17-9-3-10-18-33)34-19-11-4-12-20-34/h1-28,45-48H,29-30H2. The second kappa shape index (κ2) is 16.4. The maximum absolute atomic E-state index is 6.23. The molecule has 0 saturated carbocycles. The molecule has 4 N–H and O–H groups in total. The van der Waals surface area contributed by atoms with Crippen LogP contribution in [0.3, 0.4) is 0 Å². The Hall–Kier alpha value is -5.42. The molecule has 4 nitrogen and oxygen atoms in total. The number of halogens is 2. The molecule has 48 heavy (non-hydrogen) atoms. The summed E-state index contributed by atoms with van der Waals surface area (Å²) in [5, 5.41) is 16.1. The quantitative estimate of drug-likeness (QED) is 0.0926. The van der Waals surface area contributed by atoms with Crippen LogP contribution in [-0.4, -0.2) is 13.1 Å². The van der Waals surface area contributed by atoms with Gasteiger partial charge < -0.3 is 21.3 Å². The van der Waals surface area contributed by atoms with E-state index in [-0.39, 0.29) is 0 Å². The molecule has 6 aromatic carbocycles. The van der Waals surface area contributed by atoms with Gasteiger partial charge in [0.2, 0.25) is 0 Å². The predicted octanol–water partition coefficient (Wildman–Crippen LogP) is 10.5. The fourth-order valence-corrected chi connectivity index (χ4v) is 5.70. The van der Waals surface area contributed by atoms with Gasteiger partial charge in [0.05, 0.1) is 0 Å². The molecule has 0 atom stereocenters. The molecule has 0 heterocycles. The molecule has 238 valence electrons. The highest BCUT2D eigenvalue weighted by molar-refractivity contribution is 6.30. The molecule has 0 saturated heterocycles. The van der Waals surface area contributed by atoms with Gasteiger partial charge in [0, 0.05) is 45.7 Å². The van der Waals surface area contributed by atoms with Crippen LogP contribution in [0.1, 0.15) is 22.3 Å². The van der Waals surface area contributed by atoms with Gasteiger partial charge in [-0.25, -0.2) is 0 Å². The van der Waals surface area contributed by atoms with Crippen LogP contribution in [0.5, 0.6) is 0 Å². The second-order valence-corrected chi connectivity index (χ2v) is 12.0. The summed E-state index contributed by atoms with van der Waals surface area (Å²) in [5.74, 6) is 1.78. The van der Waals surface area contributed by atoms with E-state index in [4.69, 9.17) is 23.2 Å². The molecule has 0 aliphatic heterocycles. The molecule has 0 spiro atoms. The van der Waals surface area contributed by atoms with Crippen LogP contribution in [0.15, 0.2) is 182 Å². The lowest BCUT2D eigenvalue weighted by atomic mass is 9.97. The monoisotopic (exact) mass is 666 g/mol. The molecule has 6 heteroatoms. The van der Waals surface area contributed by atoms with E-state index in [2.05, 4.69) is 118 Å². The van der Waals surface area contributed by atoms with Crippen LogP contribution in [0, 0.1) is 0 Å². The van der Waals surface area contributed by atoms with Crippen LogP contribution in [-0.2, 0) is 0 Å². The third-order valence-corrected chi connectivity index (χ3v) is 8.21. The Labute approximate surface area is 292 Å². The van der Waals surface area contributed by atoms with E-state index < -0.39 is 0 Å². The zero-order valence-electron chi connectivity index (χ0n) is 26.3. The van der Waals surface area contributed by atoms with E-state index in [1.165, 1.54) is 0 Å². The molecule has 0 fully saturated rings. The smallest absolute Gasteiger partial charge is 0.112 e. The van der Waals surface area contributed by atoms with Crippen LogP contribution in [0.2, 0.25) is 10.0 Å². The summed E-state index contributed by atoms with van der Waals surface area (Å²) in [6.45, 7) is 1.23. The molecular formula is C42H36Cl2N4. The first-order chi connectivity index (χ1) is 23.6. The normalized spacial score (nSPS) is 10.5. The van der Waals surface area contributed by atoms with E-state index in [1.54, 1.807) is 0 Å². The Morgan fingerprint density at radius 2 is 0.625 bits per heavy atom. The largest absolute Gasteiger partial charge is 0.369 e. The lowest BCUT2D eigenvalue weighted by molar-refractivity contribution is 0.723. The molecule has 0 aliphatic carbocycles. The molecule has 0 radical (unpaired) electrons. The van der Waals surface area contributed by atoms with Crippen molar-refractivity contribution in [1.82, 2.24) is 10.6 Å². The Kier molecular flexibility index (Phi) is 11.1. The number of benzene rings is 6. The van der Waals surface area contributed by atoms with E-state index in [1.807, 2.05) is 72.8 Å². The average molecular weight is 668 g/mol. The zero-order valence-corrected chi connectivity index (χ0v) is 27.8. The Morgan fingerprint density at radius 3 is 0.896 bits per heavy atom. The molecule has 6 rings (SSSR count). The van der Waals surface area contributed by atoms with Crippen molar-refractivity contribution in [3.05, 3.63) is 214 Å². The number of anilines is 2. The lowest BCUT2D eigenvalue weighted by Crippen LogP contribution is -2.32. The van der Waals surface area contributed by atoms with Crippen LogP contribution in [0.25, 0.3) is 11.1 Å². The summed E-state index contributed by atoms with van der Waals surface area (Å²) in [5.41, 5.74) is 8.38. The van der Waals surface area contributed by atoms with Crippen molar-refractivity contribution < 1.29 is 0 Å². The summed E-state index contributed by atoms with van der Waals surface area (Å²) < 4.78 is 0. The third-order valence-electron chi connectivity index (χ3n) is 7.71. The number of rotatable bonds is 13. The topological polar surface area (TPSA) is 48.1 Å². The number of hydrogen-bond acceptors (Lipinski definition) is 4. The van der Waals surface area contributed by atoms with Crippen molar-refractivity contribution in [3.8, 4) is 0 Å². The molecule has 6 aromatic rings. The van der Waals surface area contributed by atoms with E-state index in [0.29, 0.717) is 23.1 Å². The van der Waals surface area contributed by atoms with Crippen molar-refractivity contribution in [1.29, 1.82) is 0 Å². The first-order valence-electron chi connectivity index (χ1n) is 15.9. The summed E-state index contributed by atoms with van der Waals surface area (Å²) in [7, 11) is 0. The van der Waals surface area contributed by atoms with Crippen LogP contribution in [0.4, 0.5) is 11.4 Å². The minimum absolute atomic E-state index is 0.613. The summed E-state index contributed by atoms with van der Waals surface area (Å²) in [6.07, 6.45) is 0. The fraction of sp³-hybridized carbons (Fsp3) is 0.0476. The highest BCUT2D eigenvalue weighted by Gasteiger charge is 2.15. The molecule has 0 unspecified atom stereocenters. The van der Waals surface area contributed by atoms with E-state index >= 15 is 0 Å². The van der Waals surface area contributed by atoms with Gasteiger partial charge in [-0.1, -0.05) is 145 Å². The van der Waals surface area contributed by atoms with E-state index in [9.17, 15) is 0 Å². The van der Waals surface area contributed by atoms with Gasteiger partial charge in [-0.3, -0.25) is 0 Å². The van der Waals surface area contributed by atoms with Gasteiger partial charge in [0.25, 0.3) is 0 Å². The minimum atomic E-state index is 0.613. The average Bonchev–Trinajstić information content (AvgIpc) is 3.14. The third kappa shape index (κ3) is 8.68.